The number of imidazole rings is 1. The molecule has 1 heterocycles. The standard InChI is InChI=1S/C11H11ClN2S/c1-2-3-6-14-10-5-4-8(12)7-9(10)13-11(14)15/h2,4-5,7H,1,3,6H2,(H,13,15). The molecule has 0 saturated carbocycles. The molecule has 2 nitrogen and oxygen atoms in total. The number of halogens is 1. The zero-order valence-electron chi connectivity index (χ0n) is 8.16. The van der Waals surface area contributed by atoms with Crippen molar-refractivity contribution < 1.29 is 0 Å². The number of nitrogens with one attached hydrogen (secondary N) is 1. The Morgan fingerprint density at radius 1 is 1.53 bits per heavy atom. The first-order chi connectivity index (χ1) is 7.22. The Kier molecular flexibility index (Phi) is 2.93. The first kappa shape index (κ1) is 10.5. The Morgan fingerprint density at radius 2 is 2.33 bits per heavy atom. The number of benzene rings is 1. The molecule has 0 radical (unpaired) electrons. The number of aryl methyl sites for hydroxylation is 1. The maximum atomic E-state index is 5.91. The highest BCUT2D eigenvalue weighted by Crippen LogP contribution is 2.19. The Balaban J connectivity index is 2.58. The van der Waals surface area contributed by atoms with Crippen molar-refractivity contribution in [3.63, 3.8) is 0 Å². The molecule has 0 saturated heterocycles. The molecule has 0 atom stereocenters. The fourth-order valence-electron chi connectivity index (χ4n) is 1.58. The lowest BCUT2D eigenvalue weighted by molar-refractivity contribution is 0.721. The molecule has 0 fully saturated rings. The van der Waals surface area contributed by atoms with Crippen LogP contribution in [0.15, 0.2) is 30.9 Å². The van der Waals surface area contributed by atoms with E-state index in [1.165, 1.54) is 0 Å². The van der Waals surface area contributed by atoms with Crippen LogP contribution in [-0.4, -0.2) is 9.55 Å². The molecule has 2 rings (SSSR count). The lowest BCUT2D eigenvalue weighted by Crippen LogP contribution is -1.96. The van der Waals surface area contributed by atoms with E-state index in [2.05, 4.69) is 16.1 Å². The van der Waals surface area contributed by atoms with Crippen LogP contribution in [0, 0.1) is 4.77 Å². The number of nitrogens with zero attached hydrogens (tertiary/aromatic N) is 1. The summed E-state index contributed by atoms with van der Waals surface area (Å²) >= 11 is 11.1. The van der Waals surface area contributed by atoms with E-state index in [4.69, 9.17) is 23.8 Å². The van der Waals surface area contributed by atoms with Gasteiger partial charge >= 0.3 is 0 Å². The van der Waals surface area contributed by atoms with Gasteiger partial charge in [-0.3, -0.25) is 0 Å². The predicted molar refractivity (Wildman–Crippen MR) is 66.9 cm³/mol. The number of allylic oxidation sites excluding steroid dienone is 1. The summed E-state index contributed by atoms with van der Waals surface area (Å²) in [5, 5.41) is 0.717. The number of rotatable bonds is 3. The second kappa shape index (κ2) is 4.21. The van der Waals surface area contributed by atoms with Gasteiger partial charge in [0.05, 0.1) is 11.0 Å². The van der Waals surface area contributed by atoms with Gasteiger partial charge in [0, 0.05) is 11.6 Å². The molecular formula is C11H11ClN2S. The van der Waals surface area contributed by atoms with E-state index in [0.717, 1.165) is 33.8 Å². The van der Waals surface area contributed by atoms with Crippen molar-refractivity contribution in [3.8, 4) is 0 Å². The van der Waals surface area contributed by atoms with Crippen molar-refractivity contribution in [1.29, 1.82) is 0 Å². The minimum Gasteiger partial charge on any atom is -0.331 e. The Bertz CT molecular complexity index is 553. The molecule has 0 aliphatic carbocycles. The van der Waals surface area contributed by atoms with Crippen LogP contribution in [-0.2, 0) is 6.54 Å². The van der Waals surface area contributed by atoms with Crippen molar-refractivity contribution in [3.05, 3.63) is 40.6 Å². The van der Waals surface area contributed by atoms with Gasteiger partial charge in [0.25, 0.3) is 0 Å². The number of hydrogen-bond donors (Lipinski definition) is 1. The Morgan fingerprint density at radius 3 is 3.07 bits per heavy atom. The van der Waals surface area contributed by atoms with Gasteiger partial charge in [0.1, 0.15) is 0 Å². The van der Waals surface area contributed by atoms with Crippen molar-refractivity contribution in [1.82, 2.24) is 9.55 Å². The van der Waals surface area contributed by atoms with Gasteiger partial charge in [0.15, 0.2) is 4.77 Å². The summed E-state index contributed by atoms with van der Waals surface area (Å²) in [5.41, 5.74) is 2.07. The van der Waals surface area contributed by atoms with Crippen molar-refractivity contribution in [2.75, 3.05) is 0 Å². The monoisotopic (exact) mass is 238 g/mol. The lowest BCUT2D eigenvalue weighted by Gasteiger charge is -2.01. The van der Waals surface area contributed by atoms with E-state index in [9.17, 15) is 0 Å². The van der Waals surface area contributed by atoms with E-state index in [1.807, 2.05) is 24.3 Å². The fourth-order valence-corrected chi connectivity index (χ4v) is 2.05. The van der Waals surface area contributed by atoms with Crippen LogP contribution < -0.4 is 0 Å². The number of fused-ring (bicyclic) bond motifs is 1. The highest BCUT2D eigenvalue weighted by molar-refractivity contribution is 7.71. The number of hydrogen-bond acceptors (Lipinski definition) is 1. The molecule has 78 valence electrons. The minimum absolute atomic E-state index is 0.717. The second-order valence-corrected chi connectivity index (χ2v) is 4.14. The van der Waals surface area contributed by atoms with Gasteiger partial charge in [-0.25, -0.2) is 0 Å². The van der Waals surface area contributed by atoms with Crippen LogP contribution in [0.3, 0.4) is 0 Å². The molecule has 0 aliphatic heterocycles. The topological polar surface area (TPSA) is 20.7 Å². The second-order valence-electron chi connectivity index (χ2n) is 3.32. The van der Waals surface area contributed by atoms with Crippen molar-refractivity contribution >= 4 is 34.9 Å². The fraction of sp³-hybridized carbons (Fsp3) is 0.182. The molecule has 0 bridgehead atoms. The SMILES string of the molecule is C=CCCn1c(=S)[nH]c2cc(Cl)ccc21. The number of aromatic nitrogens is 2. The average Bonchev–Trinajstić information content (AvgIpc) is 2.50. The summed E-state index contributed by atoms with van der Waals surface area (Å²) in [6, 6.07) is 5.74. The quantitative estimate of drug-likeness (QED) is 0.635. The van der Waals surface area contributed by atoms with Crippen molar-refractivity contribution in [2.45, 2.75) is 13.0 Å². The van der Waals surface area contributed by atoms with Gasteiger partial charge in [-0.05, 0) is 36.8 Å². The van der Waals surface area contributed by atoms with Gasteiger partial charge in [-0.15, -0.1) is 6.58 Å². The number of H-pyrrole nitrogens is 1. The van der Waals surface area contributed by atoms with Crippen LogP contribution in [0.4, 0.5) is 0 Å². The number of aromatic amines is 1. The maximum absolute atomic E-state index is 5.91. The largest absolute Gasteiger partial charge is 0.331 e. The maximum Gasteiger partial charge on any atom is 0.178 e. The first-order valence-corrected chi connectivity index (χ1v) is 5.50. The zero-order valence-corrected chi connectivity index (χ0v) is 9.74. The molecule has 0 spiro atoms. The average molecular weight is 239 g/mol. The predicted octanol–water partition coefficient (Wildman–Crippen LogP) is 3.93. The molecule has 0 amide bonds. The van der Waals surface area contributed by atoms with Crippen LogP contribution >= 0.6 is 23.8 Å². The van der Waals surface area contributed by atoms with E-state index >= 15 is 0 Å². The molecule has 4 heteroatoms. The summed E-state index contributed by atoms with van der Waals surface area (Å²) in [4.78, 5) is 3.14. The van der Waals surface area contributed by atoms with E-state index in [1.54, 1.807) is 0 Å². The Hall–Kier alpha value is -1.06. The van der Waals surface area contributed by atoms with Gasteiger partial charge in [0.2, 0.25) is 0 Å². The van der Waals surface area contributed by atoms with Gasteiger partial charge < -0.3 is 9.55 Å². The molecule has 15 heavy (non-hydrogen) atoms. The summed E-state index contributed by atoms with van der Waals surface area (Å²) < 4.78 is 2.79. The highest BCUT2D eigenvalue weighted by Gasteiger charge is 2.03. The van der Waals surface area contributed by atoms with Crippen LogP contribution in [0.5, 0.6) is 0 Å². The normalized spacial score (nSPS) is 10.7. The Labute approximate surface area is 98.2 Å². The lowest BCUT2D eigenvalue weighted by atomic mass is 10.3. The van der Waals surface area contributed by atoms with Crippen LogP contribution in [0.25, 0.3) is 11.0 Å². The van der Waals surface area contributed by atoms with Crippen LogP contribution in [0.2, 0.25) is 5.02 Å². The first-order valence-electron chi connectivity index (χ1n) is 4.71. The third-order valence-electron chi connectivity index (χ3n) is 2.29. The summed E-state index contributed by atoms with van der Waals surface area (Å²) in [6.45, 7) is 4.56. The van der Waals surface area contributed by atoms with E-state index in [-0.39, 0.29) is 0 Å². The van der Waals surface area contributed by atoms with Crippen molar-refractivity contribution in [2.24, 2.45) is 0 Å². The molecule has 0 unspecified atom stereocenters. The third-order valence-corrected chi connectivity index (χ3v) is 2.85. The summed E-state index contributed by atoms with van der Waals surface area (Å²) in [6.07, 6.45) is 2.79. The highest BCUT2D eigenvalue weighted by atomic mass is 35.5. The molecular weight excluding hydrogens is 228 g/mol. The molecule has 2 aromatic rings. The van der Waals surface area contributed by atoms with Crippen LogP contribution in [0.1, 0.15) is 6.42 Å². The zero-order chi connectivity index (χ0) is 10.8. The smallest absolute Gasteiger partial charge is 0.178 e. The minimum atomic E-state index is 0.717. The molecule has 1 aromatic carbocycles. The molecule has 1 aromatic heterocycles. The third kappa shape index (κ3) is 1.98. The van der Waals surface area contributed by atoms with Gasteiger partial charge in [-0.1, -0.05) is 17.7 Å². The summed E-state index contributed by atoms with van der Waals surface area (Å²) in [7, 11) is 0. The molecule has 0 aliphatic rings. The van der Waals surface area contributed by atoms with E-state index < -0.39 is 0 Å². The van der Waals surface area contributed by atoms with Gasteiger partial charge in [-0.2, -0.15) is 0 Å². The summed E-state index contributed by atoms with van der Waals surface area (Å²) in [5.74, 6) is 0. The van der Waals surface area contributed by atoms with E-state index in [0.29, 0.717) is 0 Å². The molecule has 1 N–H and O–H groups in total.